The van der Waals surface area contributed by atoms with E-state index < -0.39 is 5.54 Å². The van der Waals surface area contributed by atoms with Gasteiger partial charge in [-0.15, -0.1) is 0 Å². The average Bonchev–Trinajstić information content (AvgIpc) is 2.79. The molecule has 106 valence electrons. The summed E-state index contributed by atoms with van der Waals surface area (Å²) in [7, 11) is 1.57. The minimum absolute atomic E-state index is 0.205. The van der Waals surface area contributed by atoms with E-state index in [0.717, 1.165) is 11.3 Å². The molecule has 1 atom stereocenters. The van der Waals surface area contributed by atoms with Gasteiger partial charge in [-0.25, -0.2) is 9.79 Å². The van der Waals surface area contributed by atoms with E-state index >= 15 is 0 Å². The second-order valence-corrected chi connectivity index (χ2v) is 4.96. The van der Waals surface area contributed by atoms with Crippen LogP contribution in [0.3, 0.4) is 0 Å². The number of nitrogens with two attached hydrogens (primary N) is 1. The monoisotopic (exact) mass is 276 g/mol. The van der Waals surface area contributed by atoms with E-state index in [9.17, 15) is 4.79 Å². The van der Waals surface area contributed by atoms with Gasteiger partial charge in [0.2, 0.25) is 0 Å². The van der Waals surface area contributed by atoms with Crippen molar-refractivity contribution in [3.05, 3.63) is 23.8 Å². The molecule has 2 amide bonds. The molecule has 0 saturated carbocycles. The van der Waals surface area contributed by atoms with Gasteiger partial charge in [0.25, 0.3) is 6.02 Å². The molecule has 4 N–H and O–H groups in total. The maximum absolute atomic E-state index is 11.3. The van der Waals surface area contributed by atoms with Crippen LogP contribution >= 0.6 is 0 Å². The first-order valence-electron chi connectivity index (χ1n) is 6.33. The predicted octanol–water partition coefficient (Wildman–Crippen LogP) is 0.456. The zero-order valence-electron chi connectivity index (χ0n) is 11.1. The predicted molar refractivity (Wildman–Crippen MR) is 74.0 cm³/mol. The topological polar surface area (TPSA) is 98.0 Å². The number of amidine groups is 1. The van der Waals surface area contributed by atoms with Gasteiger partial charge in [-0.2, -0.15) is 0 Å². The number of nitrogens with zero attached hydrogens (tertiary/aromatic N) is 1. The Bertz CT molecular complexity index is 587. The first-order chi connectivity index (χ1) is 9.60. The van der Waals surface area contributed by atoms with Gasteiger partial charge in [-0.1, -0.05) is 0 Å². The van der Waals surface area contributed by atoms with Crippen molar-refractivity contribution in [3.63, 3.8) is 0 Å². The van der Waals surface area contributed by atoms with Gasteiger partial charge in [0, 0.05) is 19.2 Å². The highest BCUT2D eigenvalue weighted by molar-refractivity contribution is 5.89. The number of hydrogen-bond acceptors (Lipinski definition) is 5. The van der Waals surface area contributed by atoms with Gasteiger partial charge >= 0.3 is 6.03 Å². The van der Waals surface area contributed by atoms with Crippen LogP contribution in [0.4, 0.5) is 10.5 Å². The summed E-state index contributed by atoms with van der Waals surface area (Å²) >= 11 is 0. The van der Waals surface area contributed by atoms with E-state index in [1.165, 1.54) is 0 Å². The number of urea groups is 1. The number of ether oxygens (including phenoxy) is 2. The molecule has 20 heavy (non-hydrogen) atoms. The normalized spacial score (nSPS) is 23.4. The van der Waals surface area contributed by atoms with Crippen molar-refractivity contribution >= 4 is 17.7 Å². The largest absolute Gasteiger partial charge is 0.491 e. The Morgan fingerprint density at radius 3 is 2.90 bits per heavy atom. The third-order valence-electron chi connectivity index (χ3n) is 3.40. The number of carbonyl (C=O) groups excluding carboxylic acids is 1. The molecule has 3 rings (SSSR count). The Morgan fingerprint density at radius 1 is 1.40 bits per heavy atom. The summed E-state index contributed by atoms with van der Waals surface area (Å²) in [6.45, 7) is 0.869. The summed E-state index contributed by atoms with van der Waals surface area (Å²) < 4.78 is 11.0. The molecule has 0 aliphatic carbocycles. The van der Waals surface area contributed by atoms with Crippen LogP contribution in [0.15, 0.2) is 23.2 Å². The number of nitrogens with one attached hydrogen (secondary N) is 2. The highest BCUT2D eigenvalue weighted by Crippen LogP contribution is 2.35. The SMILES string of the molecule is CNC(=O)Nc1ccc2c(c1)CC1(COC(N)=N1)CO2. The van der Waals surface area contributed by atoms with Gasteiger partial charge in [0.1, 0.15) is 24.5 Å². The Labute approximate surface area is 116 Å². The highest BCUT2D eigenvalue weighted by atomic mass is 16.5. The summed E-state index contributed by atoms with van der Waals surface area (Å²) in [4.78, 5) is 15.7. The zero-order valence-corrected chi connectivity index (χ0v) is 11.1. The van der Waals surface area contributed by atoms with Crippen LogP contribution in [0.25, 0.3) is 0 Å². The van der Waals surface area contributed by atoms with Crippen LogP contribution in [-0.2, 0) is 11.2 Å². The maximum Gasteiger partial charge on any atom is 0.318 e. The molecule has 1 spiro atoms. The Balaban J connectivity index is 1.84. The van der Waals surface area contributed by atoms with Crippen molar-refractivity contribution in [2.45, 2.75) is 12.0 Å². The van der Waals surface area contributed by atoms with Crippen LogP contribution < -0.4 is 21.1 Å². The Kier molecular flexibility index (Phi) is 2.89. The molecule has 0 fully saturated rings. The molecule has 2 aliphatic heterocycles. The number of benzene rings is 1. The fourth-order valence-corrected chi connectivity index (χ4v) is 2.42. The lowest BCUT2D eigenvalue weighted by molar-refractivity contribution is 0.153. The first-order valence-corrected chi connectivity index (χ1v) is 6.33. The number of carbonyl (C=O) groups is 1. The number of anilines is 1. The second kappa shape index (κ2) is 4.59. The lowest BCUT2D eigenvalue weighted by Crippen LogP contribution is -2.41. The summed E-state index contributed by atoms with van der Waals surface area (Å²) in [6, 6.07) is 5.47. The second-order valence-electron chi connectivity index (χ2n) is 4.96. The van der Waals surface area contributed by atoms with Crippen LogP contribution in [0.1, 0.15) is 5.56 Å². The van der Waals surface area contributed by atoms with E-state index in [2.05, 4.69) is 15.6 Å². The molecular formula is C13H16N4O3. The summed E-state index contributed by atoms with van der Waals surface area (Å²) in [5.74, 6) is 0.804. The molecule has 1 aromatic carbocycles. The van der Waals surface area contributed by atoms with Gasteiger partial charge < -0.3 is 25.8 Å². The fraction of sp³-hybridized carbons (Fsp3) is 0.385. The van der Waals surface area contributed by atoms with Crippen LogP contribution in [0.5, 0.6) is 5.75 Å². The van der Waals surface area contributed by atoms with E-state index in [4.69, 9.17) is 15.2 Å². The van der Waals surface area contributed by atoms with E-state index in [1.807, 2.05) is 12.1 Å². The third-order valence-corrected chi connectivity index (χ3v) is 3.40. The molecule has 0 radical (unpaired) electrons. The lowest BCUT2D eigenvalue weighted by atomic mass is 9.90. The molecule has 2 heterocycles. The molecular weight excluding hydrogens is 260 g/mol. The standard InChI is InChI=1S/C13H16N4O3/c1-15-12(18)16-9-2-3-10-8(4-9)5-13(6-19-10)7-20-11(14)17-13/h2-4H,5-7H2,1H3,(H2,14,17)(H2,15,16,18). The fourth-order valence-electron chi connectivity index (χ4n) is 2.42. The van der Waals surface area contributed by atoms with Crippen molar-refractivity contribution in [2.24, 2.45) is 10.7 Å². The van der Waals surface area contributed by atoms with Crippen molar-refractivity contribution in [1.82, 2.24) is 5.32 Å². The van der Waals surface area contributed by atoms with Crippen molar-refractivity contribution in [2.75, 3.05) is 25.6 Å². The molecule has 2 aliphatic rings. The molecule has 7 heteroatoms. The van der Waals surface area contributed by atoms with Crippen molar-refractivity contribution in [1.29, 1.82) is 0 Å². The van der Waals surface area contributed by atoms with E-state index in [1.54, 1.807) is 13.1 Å². The molecule has 1 aromatic rings. The molecule has 0 bridgehead atoms. The Hall–Kier alpha value is -2.44. The number of rotatable bonds is 1. The van der Waals surface area contributed by atoms with Crippen LogP contribution in [0, 0.1) is 0 Å². The van der Waals surface area contributed by atoms with Crippen molar-refractivity contribution in [3.8, 4) is 5.75 Å². The maximum atomic E-state index is 11.3. The highest BCUT2D eigenvalue weighted by Gasteiger charge is 2.41. The van der Waals surface area contributed by atoms with Gasteiger partial charge in [0.15, 0.2) is 0 Å². The van der Waals surface area contributed by atoms with Crippen LogP contribution in [0.2, 0.25) is 0 Å². The quantitative estimate of drug-likeness (QED) is 0.694. The zero-order chi connectivity index (χ0) is 14.2. The van der Waals surface area contributed by atoms with E-state index in [-0.39, 0.29) is 12.1 Å². The smallest absolute Gasteiger partial charge is 0.318 e. The number of amides is 2. The van der Waals surface area contributed by atoms with Crippen molar-refractivity contribution < 1.29 is 14.3 Å². The average molecular weight is 276 g/mol. The minimum atomic E-state index is -0.442. The summed E-state index contributed by atoms with van der Waals surface area (Å²) in [5, 5.41) is 5.24. The number of aliphatic imine (C=N–C) groups is 1. The first kappa shape index (κ1) is 12.6. The molecule has 7 nitrogen and oxygen atoms in total. The molecule has 0 saturated heterocycles. The van der Waals surface area contributed by atoms with Gasteiger partial charge in [0.05, 0.1) is 0 Å². The summed E-state index contributed by atoms with van der Waals surface area (Å²) in [5.41, 5.74) is 6.83. The molecule has 1 unspecified atom stereocenters. The number of hydrogen-bond donors (Lipinski definition) is 3. The van der Waals surface area contributed by atoms with E-state index in [0.29, 0.717) is 25.3 Å². The molecule has 0 aromatic heterocycles. The Morgan fingerprint density at radius 2 is 2.20 bits per heavy atom. The third kappa shape index (κ3) is 2.22. The summed E-state index contributed by atoms with van der Waals surface area (Å²) in [6.07, 6.45) is 0.673. The van der Waals surface area contributed by atoms with Gasteiger partial charge in [-0.3, -0.25) is 0 Å². The lowest BCUT2D eigenvalue weighted by Gasteiger charge is -2.30. The minimum Gasteiger partial charge on any atom is -0.491 e. The van der Waals surface area contributed by atoms with Gasteiger partial charge in [-0.05, 0) is 23.8 Å². The number of fused-ring (bicyclic) bond motifs is 1. The van der Waals surface area contributed by atoms with Crippen LogP contribution in [-0.4, -0.2) is 37.9 Å².